The maximum atomic E-state index is 4.65. The van der Waals surface area contributed by atoms with E-state index in [0.717, 1.165) is 28.6 Å². The van der Waals surface area contributed by atoms with Crippen LogP contribution in [0.25, 0.3) is 11.4 Å². The molecule has 0 aliphatic heterocycles. The van der Waals surface area contributed by atoms with Gasteiger partial charge in [-0.15, -0.1) is 0 Å². The topological polar surface area (TPSA) is 62.7 Å². The number of hydrogen-bond donors (Lipinski definition) is 2. The minimum atomic E-state index is 0.291. The van der Waals surface area contributed by atoms with Crippen LogP contribution in [0.3, 0.4) is 0 Å². The van der Waals surface area contributed by atoms with Gasteiger partial charge < -0.3 is 10.6 Å². The number of rotatable bonds is 5. The van der Waals surface area contributed by atoms with E-state index in [9.17, 15) is 0 Å². The molecule has 0 unspecified atom stereocenters. The Bertz CT molecular complexity index is 815. The van der Waals surface area contributed by atoms with Gasteiger partial charge >= 0.3 is 0 Å². The first kappa shape index (κ1) is 15.9. The fourth-order valence-electron chi connectivity index (χ4n) is 2.37. The first-order valence-electron chi connectivity index (χ1n) is 8.01. The molecule has 0 saturated heterocycles. The van der Waals surface area contributed by atoms with Gasteiger partial charge in [-0.05, 0) is 32.9 Å². The van der Waals surface area contributed by atoms with Crippen LogP contribution in [-0.4, -0.2) is 21.0 Å². The summed E-state index contributed by atoms with van der Waals surface area (Å²) < 4.78 is 0. The molecule has 2 aromatic heterocycles. The number of anilines is 3. The number of hydrogen-bond acceptors (Lipinski definition) is 5. The van der Waals surface area contributed by atoms with Crippen LogP contribution in [0.2, 0.25) is 0 Å². The van der Waals surface area contributed by atoms with Crippen LogP contribution in [0.1, 0.15) is 19.5 Å². The van der Waals surface area contributed by atoms with Gasteiger partial charge in [0.05, 0.1) is 0 Å². The van der Waals surface area contributed by atoms with Crippen molar-refractivity contribution < 1.29 is 0 Å². The zero-order valence-electron chi connectivity index (χ0n) is 14.1. The Labute approximate surface area is 142 Å². The monoisotopic (exact) mass is 319 g/mol. The molecule has 2 N–H and O–H groups in total. The maximum Gasteiger partial charge on any atom is 0.163 e. The van der Waals surface area contributed by atoms with Crippen molar-refractivity contribution in [1.29, 1.82) is 0 Å². The third-order valence-electron chi connectivity index (χ3n) is 3.36. The number of pyridine rings is 1. The van der Waals surface area contributed by atoms with Gasteiger partial charge in [-0.3, -0.25) is 4.98 Å². The molecule has 122 valence electrons. The van der Waals surface area contributed by atoms with Gasteiger partial charge in [-0.1, -0.05) is 30.3 Å². The van der Waals surface area contributed by atoms with Crippen molar-refractivity contribution in [1.82, 2.24) is 15.0 Å². The summed E-state index contributed by atoms with van der Waals surface area (Å²) in [5.41, 5.74) is 2.90. The fraction of sp³-hybridized carbons (Fsp3) is 0.211. The normalized spacial score (nSPS) is 10.7. The van der Waals surface area contributed by atoms with Gasteiger partial charge in [0.1, 0.15) is 11.6 Å². The molecule has 0 aliphatic rings. The van der Waals surface area contributed by atoms with Gasteiger partial charge in [-0.25, -0.2) is 9.97 Å². The number of nitrogens with zero attached hydrogens (tertiary/aromatic N) is 3. The number of aryl methyl sites for hydroxylation is 1. The van der Waals surface area contributed by atoms with E-state index in [1.54, 1.807) is 6.20 Å². The Hall–Kier alpha value is -2.95. The Kier molecular flexibility index (Phi) is 4.70. The molecule has 0 saturated carbocycles. The van der Waals surface area contributed by atoms with E-state index >= 15 is 0 Å². The Morgan fingerprint density at radius 2 is 1.67 bits per heavy atom. The van der Waals surface area contributed by atoms with E-state index in [2.05, 4.69) is 39.4 Å². The second-order valence-corrected chi connectivity index (χ2v) is 5.94. The predicted molar refractivity (Wildman–Crippen MR) is 98.5 cm³/mol. The number of benzene rings is 1. The second-order valence-electron chi connectivity index (χ2n) is 5.94. The molecule has 24 heavy (non-hydrogen) atoms. The van der Waals surface area contributed by atoms with E-state index in [1.807, 2.05) is 55.5 Å². The molecule has 0 atom stereocenters. The zero-order valence-corrected chi connectivity index (χ0v) is 14.1. The predicted octanol–water partition coefficient (Wildman–Crippen LogP) is 4.41. The molecule has 0 aliphatic carbocycles. The first-order chi connectivity index (χ1) is 11.6. The van der Waals surface area contributed by atoms with Gasteiger partial charge in [0.2, 0.25) is 0 Å². The van der Waals surface area contributed by atoms with Crippen molar-refractivity contribution in [2.45, 2.75) is 26.8 Å². The molecule has 0 spiro atoms. The molecule has 0 amide bonds. The van der Waals surface area contributed by atoms with Crippen LogP contribution in [-0.2, 0) is 0 Å². The Morgan fingerprint density at radius 3 is 2.38 bits per heavy atom. The van der Waals surface area contributed by atoms with Crippen LogP contribution in [0.4, 0.5) is 17.3 Å². The van der Waals surface area contributed by atoms with Crippen LogP contribution < -0.4 is 10.6 Å². The SMILES string of the molecule is Cc1cc(Nc2cc(NC(C)C)nc(-c3ccccc3)n2)ccn1. The van der Waals surface area contributed by atoms with Gasteiger partial charge in [0, 0.05) is 35.2 Å². The second kappa shape index (κ2) is 7.08. The van der Waals surface area contributed by atoms with Crippen molar-refractivity contribution in [2.24, 2.45) is 0 Å². The average molecular weight is 319 g/mol. The summed E-state index contributed by atoms with van der Waals surface area (Å²) in [6.07, 6.45) is 1.78. The van der Waals surface area contributed by atoms with E-state index in [1.165, 1.54) is 0 Å². The van der Waals surface area contributed by atoms with E-state index < -0.39 is 0 Å². The average Bonchev–Trinajstić information content (AvgIpc) is 2.55. The van der Waals surface area contributed by atoms with Crippen molar-refractivity contribution in [2.75, 3.05) is 10.6 Å². The van der Waals surface area contributed by atoms with Crippen molar-refractivity contribution in [3.8, 4) is 11.4 Å². The molecular formula is C19H21N5. The van der Waals surface area contributed by atoms with Crippen molar-refractivity contribution in [3.63, 3.8) is 0 Å². The molecule has 1 aromatic carbocycles. The number of aromatic nitrogens is 3. The lowest BCUT2D eigenvalue weighted by atomic mass is 10.2. The summed E-state index contributed by atoms with van der Waals surface area (Å²) in [6.45, 7) is 6.14. The molecule has 2 heterocycles. The zero-order chi connectivity index (χ0) is 16.9. The quantitative estimate of drug-likeness (QED) is 0.729. The minimum Gasteiger partial charge on any atom is -0.368 e. The summed E-state index contributed by atoms with van der Waals surface area (Å²) in [5, 5.41) is 6.69. The highest BCUT2D eigenvalue weighted by Gasteiger charge is 2.08. The van der Waals surface area contributed by atoms with E-state index in [0.29, 0.717) is 11.9 Å². The third-order valence-corrected chi connectivity index (χ3v) is 3.36. The Morgan fingerprint density at radius 1 is 0.917 bits per heavy atom. The summed E-state index contributed by atoms with van der Waals surface area (Å²) in [6, 6.07) is 16.1. The number of nitrogens with one attached hydrogen (secondary N) is 2. The molecule has 5 heteroatoms. The highest BCUT2D eigenvalue weighted by atomic mass is 15.1. The first-order valence-corrected chi connectivity index (χ1v) is 8.01. The van der Waals surface area contributed by atoms with Crippen LogP contribution in [0.15, 0.2) is 54.7 Å². The van der Waals surface area contributed by atoms with Crippen LogP contribution in [0, 0.1) is 6.92 Å². The smallest absolute Gasteiger partial charge is 0.163 e. The molecule has 3 aromatic rings. The lowest BCUT2D eigenvalue weighted by Gasteiger charge is -2.13. The highest BCUT2D eigenvalue weighted by molar-refractivity contribution is 5.65. The molecular weight excluding hydrogens is 298 g/mol. The van der Waals surface area contributed by atoms with E-state index in [4.69, 9.17) is 0 Å². The van der Waals surface area contributed by atoms with E-state index in [-0.39, 0.29) is 0 Å². The standard InChI is InChI=1S/C19H21N5/c1-13(2)21-17-12-18(22-16-9-10-20-14(3)11-16)24-19(23-17)15-7-5-4-6-8-15/h4-13H,1-3H3,(H2,20,21,22,23,24). The van der Waals surface area contributed by atoms with Crippen molar-refractivity contribution in [3.05, 3.63) is 60.4 Å². The molecule has 0 fully saturated rings. The lowest BCUT2D eigenvalue weighted by Crippen LogP contribution is -2.12. The van der Waals surface area contributed by atoms with Crippen LogP contribution >= 0.6 is 0 Å². The molecule has 0 bridgehead atoms. The Balaban J connectivity index is 1.98. The molecule has 0 radical (unpaired) electrons. The largest absolute Gasteiger partial charge is 0.368 e. The maximum absolute atomic E-state index is 4.65. The minimum absolute atomic E-state index is 0.291. The summed E-state index contributed by atoms with van der Waals surface area (Å²) >= 11 is 0. The molecule has 5 nitrogen and oxygen atoms in total. The lowest BCUT2D eigenvalue weighted by molar-refractivity contribution is 0.887. The van der Waals surface area contributed by atoms with Crippen LogP contribution in [0.5, 0.6) is 0 Å². The van der Waals surface area contributed by atoms with Gasteiger partial charge in [0.25, 0.3) is 0 Å². The summed E-state index contributed by atoms with van der Waals surface area (Å²) in [7, 11) is 0. The molecule has 3 rings (SSSR count). The summed E-state index contributed by atoms with van der Waals surface area (Å²) in [5.74, 6) is 2.24. The fourth-order valence-corrected chi connectivity index (χ4v) is 2.37. The van der Waals surface area contributed by atoms with Gasteiger partial charge in [0.15, 0.2) is 5.82 Å². The van der Waals surface area contributed by atoms with Gasteiger partial charge in [-0.2, -0.15) is 0 Å². The highest BCUT2D eigenvalue weighted by Crippen LogP contribution is 2.23. The third kappa shape index (κ3) is 4.07. The summed E-state index contributed by atoms with van der Waals surface area (Å²) in [4.78, 5) is 13.5. The van der Waals surface area contributed by atoms with Crippen molar-refractivity contribution >= 4 is 17.3 Å².